The van der Waals surface area contributed by atoms with E-state index in [-0.39, 0.29) is 5.91 Å². The lowest BCUT2D eigenvalue weighted by Gasteiger charge is -2.15. The quantitative estimate of drug-likeness (QED) is 0.633. The summed E-state index contributed by atoms with van der Waals surface area (Å²) in [6, 6.07) is 1.89. The summed E-state index contributed by atoms with van der Waals surface area (Å²) in [4.78, 5) is 21.7. The van der Waals surface area contributed by atoms with Gasteiger partial charge < -0.3 is 0 Å². The highest BCUT2D eigenvalue weighted by Gasteiger charge is 2.17. The maximum atomic E-state index is 11.9. The van der Waals surface area contributed by atoms with Gasteiger partial charge in [-0.15, -0.1) is 11.8 Å². The van der Waals surface area contributed by atoms with Gasteiger partial charge in [-0.3, -0.25) is 9.63 Å². The third-order valence-electron chi connectivity index (χ3n) is 1.88. The van der Waals surface area contributed by atoms with Crippen molar-refractivity contribution in [1.82, 2.24) is 10.0 Å². The van der Waals surface area contributed by atoms with Crippen LogP contribution in [0.5, 0.6) is 0 Å². The summed E-state index contributed by atoms with van der Waals surface area (Å²) in [6.45, 7) is 2.03. The molecule has 0 fully saturated rings. The molecule has 0 unspecified atom stereocenters. The van der Waals surface area contributed by atoms with Gasteiger partial charge in [0.25, 0.3) is 5.91 Å². The Morgan fingerprint density at radius 2 is 2.38 bits per heavy atom. The van der Waals surface area contributed by atoms with Crippen LogP contribution < -0.4 is 0 Å². The number of amides is 1. The molecule has 0 aliphatic rings. The van der Waals surface area contributed by atoms with Crippen LogP contribution in [0.1, 0.15) is 17.4 Å². The molecule has 1 aromatic heterocycles. The van der Waals surface area contributed by atoms with E-state index in [1.807, 2.05) is 13.0 Å². The Kier molecular flexibility index (Phi) is 5.24. The Morgan fingerprint density at radius 3 is 2.94 bits per heavy atom. The fourth-order valence-corrected chi connectivity index (χ4v) is 2.36. The number of thioether (sulfide) groups is 1. The van der Waals surface area contributed by atoms with Gasteiger partial charge in [-0.1, -0.05) is 6.92 Å². The standard InChI is InChI=1S/C10H13BrN2O2S/c1-4-16-8-5-7(11)6-12-9(8)10(14)13(2)15-3/h5-6H,4H2,1-3H3. The number of rotatable bonds is 4. The van der Waals surface area contributed by atoms with Crippen molar-refractivity contribution in [3.63, 3.8) is 0 Å². The smallest absolute Gasteiger partial charge is 0.274 e. The first-order valence-corrected chi connectivity index (χ1v) is 6.48. The molecule has 1 rings (SSSR count). The number of nitrogens with zero attached hydrogens (tertiary/aromatic N) is 2. The molecular weight excluding hydrogens is 292 g/mol. The second kappa shape index (κ2) is 6.22. The first-order chi connectivity index (χ1) is 7.60. The minimum atomic E-state index is -0.244. The van der Waals surface area contributed by atoms with Crippen LogP contribution >= 0.6 is 27.7 Å². The number of hydroxylamine groups is 2. The van der Waals surface area contributed by atoms with Crippen LogP contribution in [-0.2, 0) is 4.84 Å². The fraction of sp³-hybridized carbons (Fsp3) is 0.400. The summed E-state index contributed by atoms with van der Waals surface area (Å²) in [5.41, 5.74) is 0.416. The van der Waals surface area contributed by atoms with Gasteiger partial charge in [-0.2, -0.15) is 0 Å². The van der Waals surface area contributed by atoms with Crippen molar-refractivity contribution in [1.29, 1.82) is 0 Å². The summed E-state index contributed by atoms with van der Waals surface area (Å²) in [7, 11) is 3.01. The molecule has 88 valence electrons. The van der Waals surface area contributed by atoms with Crippen molar-refractivity contribution in [3.8, 4) is 0 Å². The number of halogens is 1. The van der Waals surface area contributed by atoms with Crippen LogP contribution in [0, 0.1) is 0 Å². The highest BCUT2D eigenvalue weighted by atomic mass is 79.9. The Morgan fingerprint density at radius 1 is 1.69 bits per heavy atom. The van der Waals surface area contributed by atoms with Crippen LogP contribution in [0.15, 0.2) is 21.6 Å². The lowest BCUT2D eigenvalue weighted by atomic mass is 10.3. The number of aromatic nitrogens is 1. The number of carbonyl (C=O) groups is 1. The first kappa shape index (κ1) is 13.5. The lowest BCUT2D eigenvalue weighted by molar-refractivity contribution is -0.0762. The molecule has 6 heteroatoms. The molecule has 0 saturated carbocycles. The van der Waals surface area contributed by atoms with Crippen LogP contribution in [0.2, 0.25) is 0 Å². The summed E-state index contributed by atoms with van der Waals surface area (Å²) < 4.78 is 0.861. The second-order valence-corrected chi connectivity index (χ2v) is 5.14. The summed E-state index contributed by atoms with van der Waals surface area (Å²) in [5, 5.41) is 1.16. The van der Waals surface area contributed by atoms with Gasteiger partial charge in [0.15, 0.2) is 0 Å². The number of hydrogen-bond acceptors (Lipinski definition) is 4. The van der Waals surface area contributed by atoms with E-state index in [1.54, 1.807) is 25.0 Å². The largest absolute Gasteiger partial charge is 0.296 e. The molecule has 0 saturated heterocycles. The summed E-state index contributed by atoms with van der Waals surface area (Å²) >= 11 is 4.91. The molecule has 1 aromatic rings. The zero-order valence-corrected chi connectivity index (χ0v) is 11.8. The van der Waals surface area contributed by atoms with Crippen molar-refractivity contribution in [2.75, 3.05) is 19.9 Å². The SMILES string of the molecule is CCSc1cc(Br)cnc1C(=O)N(C)OC. The maximum Gasteiger partial charge on any atom is 0.296 e. The Labute approximate surface area is 107 Å². The molecule has 4 nitrogen and oxygen atoms in total. The summed E-state index contributed by atoms with van der Waals surface area (Å²) in [5.74, 6) is 0.640. The molecule has 0 bridgehead atoms. The topological polar surface area (TPSA) is 42.4 Å². The number of pyridine rings is 1. The molecule has 0 N–H and O–H groups in total. The van der Waals surface area contributed by atoms with Crippen molar-refractivity contribution < 1.29 is 9.63 Å². The monoisotopic (exact) mass is 304 g/mol. The molecule has 1 heterocycles. The highest BCUT2D eigenvalue weighted by Crippen LogP contribution is 2.25. The van der Waals surface area contributed by atoms with Crippen LogP contribution in [0.25, 0.3) is 0 Å². The Balaban J connectivity index is 3.06. The van der Waals surface area contributed by atoms with Crippen LogP contribution in [0.4, 0.5) is 0 Å². The molecule has 0 spiro atoms. The summed E-state index contributed by atoms with van der Waals surface area (Å²) in [6.07, 6.45) is 1.61. The molecule has 1 amide bonds. The first-order valence-electron chi connectivity index (χ1n) is 4.70. The molecule has 0 aliphatic heterocycles. The van der Waals surface area contributed by atoms with Gasteiger partial charge in [-0.25, -0.2) is 10.0 Å². The van der Waals surface area contributed by atoms with Gasteiger partial charge in [0.2, 0.25) is 0 Å². The number of hydrogen-bond donors (Lipinski definition) is 0. The fourth-order valence-electron chi connectivity index (χ4n) is 1.08. The van der Waals surface area contributed by atoms with E-state index in [2.05, 4.69) is 20.9 Å². The minimum Gasteiger partial charge on any atom is -0.274 e. The van der Waals surface area contributed by atoms with Gasteiger partial charge >= 0.3 is 0 Å². The van der Waals surface area contributed by atoms with E-state index in [1.165, 1.54) is 7.11 Å². The minimum absolute atomic E-state index is 0.244. The van der Waals surface area contributed by atoms with Crippen LogP contribution in [-0.4, -0.2) is 35.9 Å². The third kappa shape index (κ3) is 3.20. The van der Waals surface area contributed by atoms with Crippen molar-refractivity contribution in [2.24, 2.45) is 0 Å². The van der Waals surface area contributed by atoms with Gasteiger partial charge in [0.05, 0.1) is 7.11 Å². The van der Waals surface area contributed by atoms with E-state index in [0.29, 0.717) is 5.69 Å². The maximum absolute atomic E-state index is 11.9. The van der Waals surface area contributed by atoms with Crippen molar-refractivity contribution >= 4 is 33.6 Å². The Hall–Kier alpha value is -0.590. The average molecular weight is 305 g/mol. The average Bonchev–Trinajstić information content (AvgIpc) is 2.28. The van der Waals surface area contributed by atoms with E-state index >= 15 is 0 Å². The van der Waals surface area contributed by atoms with E-state index in [0.717, 1.165) is 20.2 Å². The molecule has 0 aliphatic carbocycles. The second-order valence-electron chi connectivity index (χ2n) is 2.92. The van der Waals surface area contributed by atoms with E-state index in [9.17, 15) is 4.79 Å². The highest BCUT2D eigenvalue weighted by molar-refractivity contribution is 9.10. The molecule has 16 heavy (non-hydrogen) atoms. The predicted octanol–water partition coefficient (Wildman–Crippen LogP) is 2.59. The number of carbonyl (C=O) groups excluding carboxylic acids is 1. The normalized spacial score (nSPS) is 10.2. The zero-order chi connectivity index (χ0) is 12.1. The molecule has 0 aromatic carbocycles. The van der Waals surface area contributed by atoms with Crippen LogP contribution in [0.3, 0.4) is 0 Å². The Bertz CT molecular complexity index is 387. The molecule has 0 radical (unpaired) electrons. The van der Waals surface area contributed by atoms with Crippen molar-refractivity contribution in [2.45, 2.75) is 11.8 Å². The molecule has 0 atom stereocenters. The van der Waals surface area contributed by atoms with E-state index < -0.39 is 0 Å². The zero-order valence-electron chi connectivity index (χ0n) is 9.36. The van der Waals surface area contributed by atoms with E-state index in [4.69, 9.17) is 4.84 Å². The van der Waals surface area contributed by atoms with Crippen molar-refractivity contribution in [3.05, 3.63) is 22.4 Å². The predicted molar refractivity (Wildman–Crippen MR) is 67.4 cm³/mol. The molecular formula is C10H13BrN2O2S. The van der Waals surface area contributed by atoms with Gasteiger partial charge in [0.1, 0.15) is 5.69 Å². The third-order valence-corrected chi connectivity index (χ3v) is 3.23. The van der Waals surface area contributed by atoms with Gasteiger partial charge in [0, 0.05) is 22.6 Å². The lowest BCUT2D eigenvalue weighted by Crippen LogP contribution is -2.26. The van der Waals surface area contributed by atoms with Gasteiger partial charge in [-0.05, 0) is 27.7 Å².